The third kappa shape index (κ3) is 8.14. The summed E-state index contributed by atoms with van der Waals surface area (Å²) in [6.07, 6.45) is -6.93. The zero-order chi connectivity index (χ0) is 34.1. The van der Waals surface area contributed by atoms with E-state index in [0.717, 1.165) is 21.6 Å². The predicted octanol–water partition coefficient (Wildman–Crippen LogP) is 5.95. The van der Waals surface area contributed by atoms with Crippen LogP contribution in [-0.4, -0.2) is 50.5 Å². The van der Waals surface area contributed by atoms with Crippen LogP contribution in [0.5, 0.6) is 0 Å². The van der Waals surface area contributed by atoms with Gasteiger partial charge in [-0.15, -0.1) is 0 Å². The van der Waals surface area contributed by atoms with Crippen molar-refractivity contribution in [2.45, 2.75) is 71.4 Å². The molecule has 2 heterocycles. The minimum absolute atomic E-state index is 0.100. The van der Waals surface area contributed by atoms with Crippen LogP contribution in [0.15, 0.2) is 30.3 Å². The number of halogens is 7. The standard InChI is InChI=1S/C30H30F7N5O4/c1-15(43)38-17-5-6-20(31)19(11-17)26-24-14-41(7-8-42(24)27(40-26)30(35,36)37)25(44)12-18(39-28(45)46-29(2,3)4)9-16-10-22(33)23(34)13-21(16)32/h5-6,10-11,13,18H,7-9,12,14H2,1-4H3,(H,38,43)(H,39,45)/t18-/m1/s1. The molecular formula is C30H30F7N5O4. The van der Waals surface area contributed by atoms with Crippen LogP contribution >= 0.6 is 0 Å². The van der Waals surface area contributed by atoms with Crippen molar-refractivity contribution in [1.82, 2.24) is 19.8 Å². The summed E-state index contributed by atoms with van der Waals surface area (Å²) in [5, 5.41) is 4.85. The number of aromatic nitrogens is 2. The number of hydrogen-bond acceptors (Lipinski definition) is 5. The minimum atomic E-state index is -4.93. The van der Waals surface area contributed by atoms with Gasteiger partial charge in [0.25, 0.3) is 0 Å². The van der Waals surface area contributed by atoms with E-state index in [1.165, 1.54) is 13.0 Å². The van der Waals surface area contributed by atoms with Crippen molar-refractivity contribution in [3.63, 3.8) is 0 Å². The van der Waals surface area contributed by atoms with Crippen molar-refractivity contribution in [1.29, 1.82) is 0 Å². The first-order chi connectivity index (χ1) is 21.3. The highest BCUT2D eigenvalue weighted by molar-refractivity contribution is 5.89. The Balaban J connectivity index is 1.66. The van der Waals surface area contributed by atoms with E-state index in [9.17, 15) is 45.1 Å². The van der Waals surface area contributed by atoms with Crippen LogP contribution in [0.25, 0.3) is 11.3 Å². The van der Waals surface area contributed by atoms with Gasteiger partial charge in [0.05, 0.1) is 17.9 Å². The molecule has 1 atom stereocenters. The molecule has 9 nitrogen and oxygen atoms in total. The van der Waals surface area contributed by atoms with Crippen molar-refractivity contribution in [2.75, 3.05) is 11.9 Å². The normalized spacial score (nSPS) is 14.0. The van der Waals surface area contributed by atoms with Gasteiger partial charge in [0.1, 0.15) is 17.2 Å². The molecule has 2 aromatic carbocycles. The van der Waals surface area contributed by atoms with E-state index in [1.54, 1.807) is 20.8 Å². The Bertz CT molecular complexity index is 1670. The molecule has 248 valence electrons. The highest BCUT2D eigenvalue weighted by Gasteiger charge is 2.41. The zero-order valence-electron chi connectivity index (χ0n) is 25.1. The number of alkyl halides is 3. The van der Waals surface area contributed by atoms with Gasteiger partial charge >= 0.3 is 12.3 Å². The monoisotopic (exact) mass is 657 g/mol. The summed E-state index contributed by atoms with van der Waals surface area (Å²) in [6, 6.07) is 2.99. The van der Waals surface area contributed by atoms with Gasteiger partial charge in [-0.2, -0.15) is 13.2 Å². The lowest BCUT2D eigenvalue weighted by atomic mass is 10.0. The smallest absolute Gasteiger partial charge is 0.444 e. The van der Waals surface area contributed by atoms with Gasteiger partial charge in [-0.25, -0.2) is 27.3 Å². The summed E-state index contributed by atoms with van der Waals surface area (Å²) in [6.45, 7) is 4.83. The van der Waals surface area contributed by atoms with Crippen LogP contribution in [-0.2, 0) is 40.0 Å². The predicted molar refractivity (Wildman–Crippen MR) is 150 cm³/mol. The van der Waals surface area contributed by atoms with Crippen LogP contribution in [0.4, 0.5) is 41.2 Å². The number of nitrogens with one attached hydrogen (secondary N) is 2. The van der Waals surface area contributed by atoms with Gasteiger partial charge < -0.3 is 24.8 Å². The second-order valence-electron chi connectivity index (χ2n) is 11.7. The largest absolute Gasteiger partial charge is 0.449 e. The van der Waals surface area contributed by atoms with Gasteiger partial charge in [-0.3, -0.25) is 9.59 Å². The number of fused-ring (bicyclic) bond motifs is 1. The summed E-state index contributed by atoms with van der Waals surface area (Å²) in [7, 11) is 0. The van der Waals surface area contributed by atoms with Gasteiger partial charge in [0, 0.05) is 49.8 Å². The quantitative estimate of drug-likeness (QED) is 0.241. The molecule has 2 N–H and O–H groups in total. The van der Waals surface area contributed by atoms with Crippen molar-refractivity contribution >= 4 is 23.6 Å². The van der Waals surface area contributed by atoms with E-state index >= 15 is 0 Å². The number of hydrogen-bond donors (Lipinski definition) is 2. The Morgan fingerprint density at radius 1 is 0.957 bits per heavy atom. The fraction of sp³-hybridized carbons (Fsp3) is 0.400. The van der Waals surface area contributed by atoms with Gasteiger partial charge in [0.15, 0.2) is 11.6 Å². The minimum Gasteiger partial charge on any atom is -0.444 e. The average Bonchev–Trinajstić information content (AvgIpc) is 3.31. The molecule has 0 radical (unpaired) electrons. The lowest BCUT2D eigenvalue weighted by Crippen LogP contribution is -2.45. The molecule has 3 amide bonds. The fourth-order valence-electron chi connectivity index (χ4n) is 4.97. The van der Waals surface area contributed by atoms with Crippen LogP contribution in [0, 0.1) is 23.3 Å². The van der Waals surface area contributed by atoms with Crippen LogP contribution in [0.1, 0.15) is 51.2 Å². The number of rotatable bonds is 7. The maximum absolute atomic E-state index is 15.0. The van der Waals surface area contributed by atoms with E-state index < -0.39 is 89.9 Å². The maximum Gasteiger partial charge on any atom is 0.449 e. The number of alkyl carbamates (subject to hydrolysis) is 1. The van der Waals surface area contributed by atoms with E-state index in [0.29, 0.717) is 12.1 Å². The number of benzene rings is 2. The topological polar surface area (TPSA) is 106 Å². The molecule has 0 spiro atoms. The van der Waals surface area contributed by atoms with E-state index in [1.807, 2.05) is 0 Å². The molecule has 0 saturated carbocycles. The van der Waals surface area contributed by atoms with Gasteiger partial charge in [0.2, 0.25) is 17.6 Å². The summed E-state index contributed by atoms with van der Waals surface area (Å²) in [5.41, 5.74) is -2.11. The number of nitrogens with zero attached hydrogens (tertiary/aromatic N) is 3. The molecule has 3 aromatic rings. The Kier molecular flexibility index (Phi) is 9.68. The van der Waals surface area contributed by atoms with Crippen molar-refractivity contribution < 1.29 is 49.9 Å². The van der Waals surface area contributed by atoms with E-state index in [4.69, 9.17) is 4.74 Å². The molecule has 16 heteroatoms. The third-order valence-corrected chi connectivity index (χ3v) is 6.85. The first-order valence-corrected chi connectivity index (χ1v) is 14.0. The number of amides is 3. The second-order valence-corrected chi connectivity index (χ2v) is 11.7. The number of carbonyl (C=O) groups excluding carboxylic acids is 3. The summed E-state index contributed by atoms with van der Waals surface area (Å²) in [5.74, 6) is -7.37. The summed E-state index contributed by atoms with van der Waals surface area (Å²) in [4.78, 5) is 42.4. The summed E-state index contributed by atoms with van der Waals surface area (Å²) >= 11 is 0. The molecule has 1 aromatic heterocycles. The third-order valence-electron chi connectivity index (χ3n) is 6.85. The van der Waals surface area contributed by atoms with Crippen molar-refractivity contribution in [3.8, 4) is 11.3 Å². The number of ether oxygens (including phenoxy) is 1. The van der Waals surface area contributed by atoms with E-state index in [2.05, 4.69) is 15.6 Å². The van der Waals surface area contributed by atoms with Crippen LogP contribution < -0.4 is 10.6 Å². The lowest BCUT2D eigenvalue weighted by Gasteiger charge is -2.31. The first kappa shape index (κ1) is 34.2. The molecule has 46 heavy (non-hydrogen) atoms. The van der Waals surface area contributed by atoms with E-state index in [-0.39, 0.29) is 35.6 Å². The zero-order valence-corrected chi connectivity index (χ0v) is 25.1. The molecule has 0 saturated heterocycles. The molecule has 0 fully saturated rings. The highest BCUT2D eigenvalue weighted by Crippen LogP contribution is 2.37. The Labute approximate surface area is 258 Å². The van der Waals surface area contributed by atoms with Gasteiger partial charge in [-0.05, 0) is 57.0 Å². The molecule has 0 unspecified atom stereocenters. The van der Waals surface area contributed by atoms with Crippen molar-refractivity contribution in [2.24, 2.45) is 0 Å². The molecule has 1 aliphatic rings. The highest BCUT2D eigenvalue weighted by atomic mass is 19.4. The number of imidazole rings is 1. The Hall–Kier alpha value is -4.63. The van der Waals surface area contributed by atoms with Gasteiger partial charge in [-0.1, -0.05) is 0 Å². The lowest BCUT2D eigenvalue weighted by molar-refractivity contribution is -0.148. The molecule has 0 aliphatic carbocycles. The molecule has 4 rings (SSSR count). The van der Waals surface area contributed by atoms with Crippen LogP contribution in [0.3, 0.4) is 0 Å². The molecule has 0 bridgehead atoms. The van der Waals surface area contributed by atoms with Crippen LogP contribution in [0.2, 0.25) is 0 Å². The molecular weight excluding hydrogens is 627 g/mol. The SMILES string of the molecule is CC(=O)Nc1ccc(F)c(-c2nc(C(F)(F)F)n3c2CN(C(=O)C[C@@H](Cc2cc(F)c(F)cc2F)NC(=O)OC(C)(C)C)CC3)c1. The Morgan fingerprint density at radius 3 is 2.26 bits per heavy atom. The molecule has 1 aliphatic heterocycles. The van der Waals surface area contributed by atoms with Crippen molar-refractivity contribution in [3.05, 3.63) is 70.7 Å². The Morgan fingerprint density at radius 2 is 1.63 bits per heavy atom. The number of anilines is 1. The average molecular weight is 658 g/mol. The first-order valence-electron chi connectivity index (χ1n) is 14.0. The second kappa shape index (κ2) is 13.0. The fourth-order valence-corrected chi connectivity index (χ4v) is 4.97. The maximum atomic E-state index is 15.0. The summed E-state index contributed by atoms with van der Waals surface area (Å²) < 4.78 is 105. The number of carbonyl (C=O) groups is 3.